The van der Waals surface area contributed by atoms with Crippen LogP contribution in [0.2, 0.25) is 0 Å². The summed E-state index contributed by atoms with van der Waals surface area (Å²) >= 11 is 1.35. The van der Waals surface area contributed by atoms with Gasteiger partial charge in [-0.05, 0) is 6.42 Å². The van der Waals surface area contributed by atoms with E-state index < -0.39 is 12.0 Å². The van der Waals surface area contributed by atoms with Crippen molar-refractivity contribution < 1.29 is 14.6 Å². The number of carbonyl (C=O) groups excluding carboxylic acids is 1. The molecule has 0 radical (unpaired) electrons. The molecule has 0 amide bonds. The monoisotopic (exact) mass is 243 g/mol. The average molecular weight is 243 g/mol. The largest absolute Gasteiger partial charge is 0.469 e. The Morgan fingerprint density at radius 1 is 1.69 bits per heavy atom. The highest BCUT2D eigenvalue weighted by atomic mass is 32.1. The lowest BCUT2D eigenvalue weighted by Crippen LogP contribution is -2.23. The summed E-state index contributed by atoms with van der Waals surface area (Å²) in [6.45, 7) is 2.05. The number of esters is 1. The maximum atomic E-state index is 11.6. The van der Waals surface area contributed by atoms with Gasteiger partial charge < -0.3 is 9.84 Å². The van der Waals surface area contributed by atoms with Crippen LogP contribution < -0.4 is 0 Å². The molecule has 4 nitrogen and oxygen atoms in total. The van der Waals surface area contributed by atoms with E-state index in [-0.39, 0.29) is 5.97 Å². The molecule has 16 heavy (non-hydrogen) atoms. The Bertz CT molecular complexity index is 313. The maximum Gasteiger partial charge on any atom is 0.311 e. The summed E-state index contributed by atoms with van der Waals surface area (Å²) < 4.78 is 4.71. The molecule has 0 spiro atoms. The Kier molecular flexibility index (Phi) is 5.42. The van der Waals surface area contributed by atoms with E-state index in [0.717, 1.165) is 12.8 Å². The molecule has 0 saturated carbocycles. The van der Waals surface area contributed by atoms with Gasteiger partial charge >= 0.3 is 5.97 Å². The first-order valence-corrected chi connectivity index (χ1v) is 6.23. The number of rotatable bonds is 6. The van der Waals surface area contributed by atoms with Crippen LogP contribution in [-0.2, 0) is 9.53 Å². The third-order valence-corrected chi connectivity index (χ3v) is 3.34. The van der Waals surface area contributed by atoms with E-state index in [2.05, 4.69) is 4.98 Å². The number of unbranched alkanes of at least 4 members (excludes halogenated alkanes) is 1. The first kappa shape index (κ1) is 13.1. The van der Waals surface area contributed by atoms with Gasteiger partial charge in [-0.1, -0.05) is 19.8 Å². The summed E-state index contributed by atoms with van der Waals surface area (Å²) in [6.07, 6.45) is 3.32. The van der Waals surface area contributed by atoms with Crippen LogP contribution in [0.1, 0.15) is 37.2 Å². The zero-order valence-electron chi connectivity index (χ0n) is 9.55. The number of hydrogen-bond donors (Lipinski definition) is 1. The minimum absolute atomic E-state index is 0.352. The Morgan fingerprint density at radius 3 is 2.94 bits per heavy atom. The first-order valence-electron chi connectivity index (χ1n) is 5.35. The molecule has 0 aliphatic carbocycles. The van der Waals surface area contributed by atoms with Gasteiger partial charge in [-0.25, -0.2) is 0 Å². The van der Waals surface area contributed by atoms with Gasteiger partial charge in [0, 0.05) is 6.20 Å². The predicted octanol–water partition coefficient (Wildman–Crippen LogP) is 2.16. The lowest BCUT2D eigenvalue weighted by atomic mass is 9.95. The van der Waals surface area contributed by atoms with Gasteiger partial charge in [0.1, 0.15) is 6.10 Å². The molecule has 90 valence electrons. The van der Waals surface area contributed by atoms with E-state index >= 15 is 0 Å². The van der Waals surface area contributed by atoms with Crippen molar-refractivity contribution in [2.24, 2.45) is 5.92 Å². The molecule has 2 unspecified atom stereocenters. The molecule has 1 rings (SSSR count). The Hall–Kier alpha value is -0.940. The zero-order valence-corrected chi connectivity index (χ0v) is 10.4. The molecule has 0 fully saturated rings. The van der Waals surface area contributed by atoms with Crippen molar-refractivity contribution in [1.29, 1.82) is 0 Å². The van der Waals surface area contributed by atoms with Gasteiger partial charge in [-0.3, -0.25) is 9.78 Å². The predicted molar refractivity (Wildman–Crippen MR) is 62.1 cm³/mol. The molecule has 5 heteroatoms. The van der Waals surface area contributed by atoms with Crippen LogP contribution in [-0.4, -0.2) is 23.2 Å². The SMILES string of the molecule is CCCCC(C(=O)OC)C(O)c1cncs1. The number of hydrogen-bond acceptors (Lipinski definition) is 5. The molecule has 1 heterocycles. The number of methoxy groups -OCH3 is 1. The number of aliphatic hydroxyl groups is 1. The number of carbonyl (C=O) groups is 1. The quantitative estimate of drug-likeness (QED) is 0.778. The van der Waals surface area contributed by atoms with Crippen molar-refractivity contribution in [3.05, 3.63) is 16.6 Å². The molecule has 0 aliphatic rings. The second-order valence-electron chi connectivity index (χ2n) is 3.62. The molecular formula is C11H17NO3S. The standard InChI is InChI=1S/C11H17NO3S/c1-3-4-5-8(11(14)15-2)10(13)9-6-12-7-16-9/h6-8,10,13H,3-5H2,1-2H3. The van der Waals surface area contributed by atoms with Crippen LogP contribution in [0.25, 0.3) is 0 Å². The zero-order chi connectivity index (χ0) is 12.0. The highest BCUT2D eigenvalue weighted by Gasteiger charge is 2.29. The number of aromatic nitrogens is 1. The number of ether oxygens (including phenoxy) is 1. The molecule has 1 aromatic heterocycles. The van der Waals surface area contributed by atoms with Crippen LogP contribution in [0, 0.1) is 5.92 Å². The van der Waals surface area contributed by atoms with Gasteiger partial charge in [-0.15, -0.1) is 11.3 Å². The highest BCUT2D eigenvalue weighted by Crippen LogP contribution is 2.29. The fourth-order valence-electron chi connectivity index (χ4n) is 1.55. The lowest BCUT2D eigenvalue weighted by molar-refractivity contribution is -0.150. The molecule has 2 atom stereocenters. The topological polar surface area (TPSA) is 59.4 Å². The van der Waals surface area contributed by atoms with E-state index in [4.69, 9.17) is 4.74 Å². The fraction of sp³-hybridized carbons (Fsp3) is 0.636. The van der Waals surface area contributed by atoms with Crippen LogP contribution >= 0.6 is 11.3 Å². The van der Waals surface area contributed by atoms with E-state index in [0.29, 0.717) is 11.3 Å². The maximum absolute atomic E-state index is 11.6. The van der Waals surface area contributed by atoms with Crippen molar-refractivity contribution in [2.75, 3.05) is 7.11 Å². The summed E-state index contributed by atoms with van der Waals surface area (Å²) in [7, 11) is 1.35. The molecule has 0 bridgehead atoms. The van der Waals surface area contributed by atoms with Crippen LogP contribution in [0.3, 0.4) is 0 Å². The summed E-state index contributed by atoms with van der Waals surface area (Å²) in [5.74, 6) is -0.834. The summed E-state index contributed by atoms with van der Waals surface area (Å²) in [4.78, 5) is 16.2. The lowest BCUT2D eigenvalue weighted by Gasteiger charge is -2.19. The normalized spacial score (nSPS) is 14.4. The third kappa shape index (κ3) is 3.28. The Morgan fingerprint density at radius 2 is 2.44 bits per heavy atom. The Balaban J connectivity index is 2.71. The van der Waals surface area contributed by atoms with Crippen molar-refractivity contribution >= 4 is 17.3 Å². The average Bonchev–Trinajstić information content (AvgIpc) is 2.82. The van der Waals surface area contributed by atoms with Crippen LogP contribution in [0.15, 0.2) is 11.7 Å². The summed E-state index contributed by atoms with van der Waals surface area (Å²) in [6, 6.07) is 0. The van der Waals surface area contributed by atoms with E-state index in [1.807, 2.05) is 6.92 Å². The highest BCUT2D eigenvalue weighted by molar-refractivity contribution is 7.09. The van der Waals surface area contributed by atoms with Gasteiger partial charge in [0.25, 0.3) is 0 Å². The second kappa shape index (κ2) is 6.60. The smallest absolute Gasteiger partial charge is 0.311 e. The summed E-state index contributed by atoms with van der Waals surface area (Å²) in [5.41, 5.74) is 1.65. The number of aliphatic hydroxyl groups excluding tert-OH is 1. The van der Waals surface area contributed by atoms with Gasteiger partial charge in [0.2, 0.25) is 0 Å². The van der Waals surface area contributed by atoms with Crippen LogP contribution in [0.4, 0.5) is 0 Å². The van der Waals surface area contributed by atoms with Crippen molar-refractivity contribution in [1.82, 2.24) is 4.98 Å². The van der Waals surface area contributed by atoms with Gasteiger partial charge in [0.15, 0.2) is 0 Å². The van der Waals surface area contributed by atoms with Gasteiger partial charge in [-0.2, -0.15) is 0 Å². The minimum atomic E-state index is -0.800. The molecule has 1 aromatic rings. The summed E-state index contributed by atoms with van der Waals surface area (Å²) in [5, 5.41) is 10.1. The molecule has 0 saturated heterocycles. The van der Waals surface area contributed by atoms with Gasteiger partial charge in [0.05, 0.1) is 23.4 Å². The Labute approximate surface area is 99.3 Å². The van der Waals surface area contributed by atoms with E-state index in [1.54, 1.807) is 11.7 Å². The first-order chi connectivity index (χ1) is 7.70. The fourth-order valence-corrected chi connectivity index (χ4v) is 2.22. The number of thiazole rings is 1. The van der Waals surface area contributed by atoms with Crippen molar-refractivity contribution in [3.63, 3.8) is 0 Å². The molecule has 0 aliphatic heterocycles. The van der Waals surface area contributed by atoms with Crippen LogP contribution in [0.5, 0.6) is 0 Å². The number of nitrogens with zero attached hydrogens (tertiary/aromatic N) is 1. The van der Waals surface area contributed by atoms with E-state index in [9.17, 15) is 9.90 Å². The molecule has 1 N–H and O–H groups in total. The minimum Gasteiger partial charge on any atom is -0.469 e. The van der Waals surface area contributed by atoms with Crippen molar-refractivity contribution in [2.45, 2.75) is 32.3 Å². The van der Waals surface area contributed by atoms with E-state index in [1.165, 1.54) is 18.4 Å². The molecular weight excluding hydrogens is 226 g/mol. The third-order valence-electron chi connectivity index (χ3n) is 2.50. The van der Waals surface area contributed by atoms with Crippen molar-refractivity contribution in [3.8, 4) is 0 Å². The molecule has 0 aromatic carbocycles. The second-order valence-corrected chi connectivity index (χ2v) is 4.54.